The van der Waals surface area contributed by atoms with Gasteiger partial charge < -0.3 is 15.8 Å². The Bertz CT molecular complexity index is 419. The minimum Gasteiger partial charge on any atom is -0.409 e. The van der Waals surface area contributed by atoms with Crippen LogP contribution in [0, 0.1) is 0 Å². The van der Waals surface area contributed by atoms with E-state index >= 15 is 0 Å². The Hall–Kier alpha value is -1.78. The van der Waals surface area contributed by atoms with Crippen LogP contribution in [0.2, 0.25) is 0 Å². The van der Waals surface area contributed by atoms with Crippen molar-refractivity contribution in [1.82, 2.24) is 4.98 Å². The van der Waals surface area contributed by atoms with Crippen molar-refractivity contribution < 1.29 is 5.21 Å². The lowest BCUT2D eigenvalue weighted by Gasteiger charge is -2.27. The highest BCUT2D eigenvalue weighted by atomic mass is 16.4. The second-order valence-corrected chi connectivity index (χ2v) is 4.28. The van der Waals surface area contributed by atoms with Gasteiger partial charge >= 0.3 is 0 Å². The zero-order valence-electron chi connectivity index (χ0n) is 10.0. The molecule has 1 aromatic rings. The van der Waals surface area contributed by atoms with Crippen LogP contribution in [0.25, 0.3) is 0 Å². The Morgan fingerprint density at radius 2 is 2.53 bits per heavy atom. The van der Waals surface area contributed by atoms with Crippen LogP contribution in [0.3, 0.4) is 0 Å². The number of aromatic nitrogens is 1. The second kappa shape index (κ2) is 5.03. The van der Waals surface area contributed by atoms with Gasteiger partial charge in [-0.2, -0.15) is 0 Å². The first-order chi connectivity index (χ1) is 8.27. The van der Waals surface area contributed by atoms with E-state index in [-0.39, 0.29) is 5.84 Å². The lowest BCUT2D eigenvalue weighted by atomic mass is 10.1. The monoisotopic (exact) mass is 234 g/mol. The third-order valence-corrected chi connectivity index (χ3v) is 3.34. The van der Waals surface area contributed by atoms with Gasteiger partial charge in [-0.25, -0.2) is 0 Å². The predicted molar refractivity (Wildman–Crippen MR) is 67.4 cm³/mol. The summed E-state index contributed by atoms with van der Waals surface area (Å²) in [7, 11) is 0. The van der Waals surface area contributed by atoms with E-state index in [1.807, 2.05) is 0 Å². The molecule has 1 aliphatic rings. The molecule has 0 saturated carbocycles. The fraction of sp³-hybridized carbons (Fsp3) is 0.500. The average Bonchev–Trinajstić information content (AvgIpc) is 2.86. The van der Waals surface area contributed by atoms with Gasteiger partial charge in [0.15, 0.2) is 5.84 Å². The Kier molecular flexibility index (Phi) is 3.46. The molecular formula is C12H18N4O. The van der Waals surface area contributed by atoms with Gasteiger partial charge in [-0.1, -0.05) is 12.1 Å². The molecule has 1 aliphatic heterocycles. The van der Waals surface area contributed by atoms with Crippen molar-refractivity contribution >= 4 is 11.5 Å². The molecule has 5 nitrogen and oxygen atoms in total. The van der Waals surface area contributed by atoms with Gasteiger partial charge in [-0.05, 0) is 25.3 Å². The van der Waals surface area contributed by atoms with Crippen molar-refractivity contribution in [2.45, 2.75) is 32.2 Å². The molecule has 5 heteroatoms. The lowest BCUT2D eigenvalue weighted by molar-refractivity contribution is 0.318. The Morgan fingerprint density at radius 1 is 1.71 bits per heavy atom. The molecule has 0 radical (unpaired) electrons. The van der Waals surface area contributed by atoms with E-state index in [9.17, 15) is 0 Å². The normalized spacial score (nSPS) is 20.9. The number of nitrogens with zero attached hydrogens (tertiary/aromatic N) is 3. The number of rotatable bonds is 3. The maximum atomic E-state index is 8.80. The molecule has 0 amide bonds. The first-order valence-corrected chi connectivity index (χ1v) is 5.96. The van der Waals surface area contributed by atoms with E-state index in [1.165, 1.54) is 12.8 Å². The van der Waals surface area contributed by atoms with E-state index in [1.54, 1.807) is 18.5 Å². The second-order valence-electron chi connectivity index (χ2n) is 4.28. The smallest absolute Gasteiger partial charge is 0.172 e. The van der Waals surface area contributed by atoms with Gasteiger partial charge in [0.05, 0.1) is 11.9 Å². The standard InChI is InChI=1S/C12H18N4O/c1-2-9-4-3-7-16(9)11-8-14-6-5-10(11)12(13)15-17/h5-6,8-9,17H,2-4,7H2,1H3,(H2,13,15). The number of pyridine rings is 1. The van der Waals surface area contributed by atoms with Gasteiger partial charge in [-0.3, -0.25) is 4.98 Å². The molecule has 2 rings (SSSR count). The van der Waals surface area contributed by atoms with Gasteiger partial charge in [0.25, 0.3) is 0 Å². The van der Waals surface area contributed by atoms with Crippen LogP contribution in [-0.4, -0.2) is 28.6 Å². The molecular weight excluding hydrogens is 216 g/mol. The minimum absolute atomic E-state index is 0.143. The number of oxime groups is 1. The first kappa shape index (κ1) is 11.7. The molecule has 1 atom stereocenters. The number of nitrogens with two attached hydrogens (primary N) is 1. The fourth-order valence-electron chi connectivity index (χ4n) is 2.46. The van der Waals surface area contributed by atoms with Crippen LogP contribution in [-0.2, 0) is 0 Å². The van der Waals surface area contributed by atoms with Crippen LogP contribution in [0.15, 0.2) is 23.6 Å². The molecule has 0 aliphatic carbocycles. The summed E-state index contributed by atoms with van der Waals surface area (Å²) in [6.07, 6.45) is 6.93. The Balaban J connectivity index is 2.38. The van der Waals surface area contributed by atoms with E-state index in [0.717, 1.165) is 24.2 Å². The zero-order chi connectivity index (χ0) is 12.3. The van der Waals surface area contributed by atoms with Crippen molar-refractivity contribution in [3.63, 3.8) is 0 Å². The molecule has 17 heavy (non-hydrogen) atoms. The number of amidine groups is 1. The third-order valence-electron chi connectivity index (χ3n) is 3.34. The van der Waals surface area contributed by atoms with Crippen LogP contribution in [0.5, 0.6) is 0 Å². The topological polar surface area (TPSA) is 74.7 Å². The molecule has 2 heterocycles. The number of hydrogen-bond donors (Lipinski definition) is 2. The maximum Gasteiger partial charge on any atom is 0.172 e. The molecule has 0 aromatic carbocycles. The highest BCUT2D eigenvalue weighted by molar-refractivity contribution is 6.02. The third kappa shape index (κ3) is 2.18. The zero-order valence-corrected chi connectivity index (χ0v) is 10.0. The van der Waals surface area contributed by atoms with Gasteiger partial charge in [-0.15, -0.1) is 0 Å². The van der Waals surface area contributed by atoms with Crippen molar-refractivity contribution in [3.8, 4) is 0 Å². The van der Waals surface area contributed by atoms with E-state index < -0.39 is 0 Å². The molecule has 0 bridgehead atoms. The van der Waals surface area contributed by atoms with Gasteiger partial charge in [0.2, 0.25) is 0 Å². The van der Waals surface area contributed by atoms with Crippen molar-refractivity contribution in [2.75, 3.05) is 11.4 Å². The summed E-state index contributed by atoms with van der Waals surface area (Å²) >= 11 is 0. The molecule has 0 spiro atoms. The molecule has 3 N–H and O–H groups in total. The van der Waals surface area contributed by atoms with E-state index in [0.29, 0.717) is 6.04 Å². The van der Waals surface area contributed by atoms with Crippen LogP contribution < -0.4 is 10.6 Å². The van der Waals surface area contributed by atoms with E-state index in [2.05, 4.69) is 22.0 Å². The number of hydrogen-bond acceptors (Lipinski definition) is 4. The minimum atomic E-state index is 0.143. The summed E-state index contributed by atoms with van der Waals surface area (Å²) < 4.78 is 0. The summed E-state index contributed by atoms with van der Waals surface area (Å²) in [5.74, 6) is 0.143. The Morgan fingerprint density at radius 3 is 3.24 bits per heavy atom. The lowest BCUT2D eigenvalue weighted by Crippen LogP contribution is -2.31. The molecule has 1 unspecified atom stereocenters. The first-order valence-electron chi connectivity index (χ1n) is 5.96. The average molecular weight is 234 g/mol. The highest BCUT2D eigenvalue weighted by Crippen LogP contribution is 2.29. The predicted octanol–water partition coefficient (Wildman–Crippen LogP) is 1.55. The summed E-state index contributed by atoms with van der Waals surface area (Å²) in [5, 5.41) is 11.9. The SMILES string of the molecule is CCC1CCCN1c1cnccc1/C(N)=N/O. The number of anilines is 1. The van der Waals surface area contributed by atoms with Gasteiger partial charge in [0.1, 0.15) is 0 Å². The van der Waals surface area contributed by atoms with Crippen LogP contribution >= 0.6 is 0 Å². The molecule has 92 valence electrons. The van der Waals surface area contributed by atoms with Gasteiger partial charge in [0, 0.05) is 24.3 Å². The van der Waals surface area contributed by atoms with Crippen molar-refractivity contribution in [2.24, 2.45) is 10.9 Å². The summed E-state index contributed by atoms with van der Waals surface area (Å²) in [6.45, 7) is 3.19. The molecule has 1 fully saturated rings. The van der Waals surface area contributed by atoms with Crippen molar-refractivity contribution in [3.05, 3.63) is 24.0 Å². The van der Waals surface area contributed by atoms with Crippen LogP contribution in [0.1, 0.15) is 31.7 Å². The molecule has 1 aromatic heterocycles. The fourth-order valence-corrected chi connectivity index (χ4v) is 2.46. The maximum absolute atomic E-state index is 8.80. The highest BCUT2D eigenvalue weighted by Gasteiger charge is 2.25. The largest absolute Gasteiger partial charge is 0.409 e. The van der Waals surface area contributed by atoms with Crippen molar-refractivity contribution in [1.29, 1.82) is 0 Å². The van der Waals surface area contributed by atoms with Crippen LogP contribution in [0.4, 0.5) is 5.69 Å². The summed E-state index contributed by atoms with van der Waals surface area (Å²) in [5.41, 5.74) is 7.41. The quantitative estimate of drug-likeness (QED) is 0.360. The summed E-state index contributed by atoms with van der Waals surface area (Å²) in [4.78, 5) is 6.45. The molecule has 1 saturated heterocycles. The summed E-state index contributed by atoms with van der Waals surface area (Å²) in [6, 6.07) is 2.32. The van der Waals surface area contributed by atoms with E-state index in [4.69, 9.17) is 10.9 Å². The Labute approximate surface area is 101 Å².